The van der Waals surface area contributed by atoms with Crippen LogP contribution in [0.2, 0.25) is 0 Å². The number of alkyl halides is 3. The highest BCUT2D eigenvalue weighted by Crippen LogP contribution is 2.25. The zero-order valence-electron chi connectivity index (χ0n) is 21.7. The van der Waals surface area contributed by atoms with Crippen molar-refractivity contribution in [2.24, 2.45) is 0 Å². The van der Waals surface area contributed by atoms with Crippen LogP contribution in [0.3, 0.4) is 0 Å². The first kappa shape index (κ1) is 29.4. The summed E-state index contributed by atoms with van der Waals surface area (Å²) in [6, 6.07) is 17.5. The number of nitrogens with zero attached hydrogens (tertiary/aromatic N) is 2. The maximum Gasteiger partial charge on any atom is 0.490 e. The van der Waals surface area contributed by atoms with Crippen LogP contribution in [-0.4, -0.2) is 84.5 Å². The molecule has 0 unspecified atom stereocenters. The first-order valence-electron chi connectivity index (χ1n) is 12.8. The number of likely N-dealkylation sites (tertiary alicyclic amines) is 1. The van der Waals surface area contributed by atoms with Crippen molar-refractivity contribution in [1.29, 1.82) is 0 Å². The Labute approximate surface area is 221 Å². The third-order valence-electron chi connectivity index (χ3n) is 6.82. The van der Waals surface area contributed by atoms with Crippen molar-refractivity contribution >= 4 is 11.9 Å². The zero-order chi connectivity index (χ0) is 27.7. The Kier molecular flexibility index (Phi) is 10.6. The van der Waals surface area contributed by atoms with E-state index >= 15 is 0 Å². The van der Waals surface area contributed by atoms with Crippen molar-refractivity contribution in [2.75, 3.05) is 39.5 Å². The van der Waals surface area contributed by atoms with Gasteiger partial charge in [0.25, 0.3) is 5.91 Å². The van der Waals surface area contributed by atoms with Gasteiger partial charge in [-0.3, -0.25) is 9.69 Å². The number of ether oxygens (including phenoxy) is 2. The van der Waals surface area contributed by atoms with E-state index in [-0.39, 0.29) is 5.91 Å². The maximum atomic E-state index is 12.6. The monoisotopic (exact) mass is 536 g/mol. The lowest BCUT2D eigenvalue weighted by Gasteiger charge is -2.26. The molecule has 2 atom stereocenters. The quantitative estimate of drug-likeness (QED) is 0.496. The van der Waals surface area contributed by atoms with Crippen LogP contribution in [0, 0.1) is 0 Å². The minimum absolute atomic E-state index is 0.0799. The summed E-state index contributed by atoms with van der Waals surface area (Å²) in [4.78, 5) is 25.9. The van der Waals surface area contributed by atoms with Gasteiger partial charge in [-0.05, 0) is 68.5 Å². The van der Waals surface area contributed by atoms with E-state index in [1.165, 1.54) is 12.8 Å². The number of rotatable bonds is 7. The summed E-state index contributed by atoms with van der Waals surface area (Å²) in [7, 11) is 0. The number of morpholine rings is 1. The predicted molar refractivity (Wildman–Crippen MR) is 137 cm³/mol. The third-order valence-corrected chi connectivity index (χ3v) is 6.82. The minimum Gasteiger partial charge on any atom is -0.494 e. The molecule has 2 aromatic rings. The van der Waals surface area contributed by atoms with Crippen molar-refractivity contribution in [1.82, 2.24) is 9.80 Å². The Bertz CT molecular complexity index is 1030. The molecule has 2 aliphatic rings. The van der Waals surface area contributed by atoms with Crippen LogP contribution in [-0.2, 0) is 9.53 Å². The van der Waals surface area contributed by atoms with Crippen LogP contribution in [0.1, 0.15) is 43.5 Å². The van der Waals surface area contributed by atoms with Crippen LogP contribution in [0.25, 0.3) is 11.1 Å². The van der Waals surface area contributed by atoms with Gasteiger partial charge in [-0.15, -0.1) is 0 Å². The molecule has 0 saturated carbocycles. The summed E-state index contributed by atoms with van der Waals surface area (Å²) in [5, 5.41) is 7.12. The number of carbonyl (C=O) groups is 2. The Balaban J connectivity index is 0.000000505. The van der Waals surface area contributed by atoms with E-state index in [2.05, 4.69) is 30.9 Å². The van der Waals surface area contributed by atoms with Gasteiger partial charge in [0.2, 0.25) is 0 Å². The van der Waals surface area contributed by atoms with Crippen molar-refractivity contribution in [2.45, 2.75) is 51.4 Å². The van der Waals surface area contributed by atoms with E-state index in [4.69, 9.17) is 19.4 Å². The predicted octanol–water partition coefficient (Wildman–Crippen LogP) is 5.10. The fourth-order valence-electron chi connectivity index (χ4n) is 4.62. The van der Waals surface area contributed by atoms with E-state index in [0.717, 1.165) is 42.0 Å². The highest BCUT2D eigenvalue weighted by atomic mass is 19.4. The number of halogens is 3. The van der Waals surface area contributed by atoms with Crippen LogP contribution >= 0.6 is 0 Å². The molecular weight excluding hydrogens is 501 g/mol. The van der Waals surface area contributed by atoms with Gasteiger partial charge < -0.3 is 19.5 Å². The molecule has 38 heavy (non-hydrogen) atoms. The van der Waals surface area contributed by atoms with Gasteiger partial charge in [-0.25, -0.2) is 4.79 Å². The smallest absolute Gasteiger partial charge is 0.490 e. The molecule has 0 aromatic heterocycles. The van der Waals surface area contributed by atoms with Crippen molar-refractivity contribution in [3.8, 4) is 16.9 Å². The Morgan fingerprint density at radius 3 is 1.95 bits per heavy atom. The first-order chi connectivity index (χ1) is 18.1. The van der Waals surface area contributed by atoms with Gasteiger partial charge >= 0.3 is 12.1 Å². The lowest BCUT2D eigenvalue weighted by Crippen LogP contribution is -2.40. The van der Waals surface area contributed by atoms with E-state index in [0.29, 0.717) is 38.4 Å². The molecular formula is C28H35F3N2O5. The first-order valence-corrected chi connectivity index (χ1v) is 12.8. The van der Waals surface area contributed by atoms with Crippen LogP contribution in [0.4, 0.5) is 13.2 Å². The topological polar surface area (TPSA) is 79.3 Å². The summed E-state index contributed by atoms with van der Waals surface area (Å²) in [6.07, 6.45) is -1.41. The van der Waals surface area contributed by atoms with Crippen molar-refractivity contribution in [3.05, 3.63) is 54.1 Å². The number of aliphatic carboxylic acids is 1. The Morgan fingerprint density at radius 1 is 0.947 bits per heavy atom. The van der Waals surface area contributed by atoms with Gasteiger partial charge in [0.05, 0.1) is 19.8 Å². The lowest BCUT2D eigenvalue weighted by molar-refractivity contribution is -0.192. The summed E-state index contributed by atoms with van der Waals surface area (Å²) in [6.45, 7) is 9.08. The molecule has 2 aliphatic heterocycles. The van der Waals surface area contributed by atoms with Gasteiger partial charge in [-0.1, -0.05) is 24.3 Å². The molecule has 0 bridgehead atoms. The molecule has 208 valence electrons. The molecule has 4 rings (SSSR count). The van der Waals surface area contributed by atoms with Gasteiger partial charge in [-0.2, -0.15) is 13.2 Å². The average Bonchev–Trinajstić information content (AvgIpc) is 3.23. The van der Waals surface area contributed by atoms with Crippen molar-refractivity contribution < 1.29 is 37.3 Å². The zero-order valence-corrected chi connectivity index (χ0v) is 21.7. The Morgan fingerprint density at radius 2 is 1.45 bits per heavy atom. The molecule has 7 nitrogen and oxygen atoms in total. The molecule has 0 radical (unpaired) electrons. The number of carboxylic acids is 1. The van der Waals surface area contributed by atoms with Crippen molar-refractivity contribution in [3.63, 3.8) is 0 Å². The number of benzene rings is 2. The molecule has 2 saturated heterocycles. The largest absolute Gasteiger partial charge is 0.494 e. The second-order valence-corrected chi connectivity index (χ2v) is 9.52. The minimum atomic E-state index is -5.08. The third kappa shape index (κ3) is 8.46. The summed E-state index contributed by atoms with van der Waals surface area (Å²) in [5.41, 5.74) is 2.95. The molecule has 2 aromatic carbocycles. The second-order valence-electron chi connectivity index (χ2n) is 9.52. The fraction of sp³-hybridized carbons (Fsp3) is 0.500. The van der Waals surface area contributed by atoms with E-state index in [1.807, 2.05) is 41.3 Å². The fourth-order valence-corrected chi connectivity index (χ4v) is 4.62. The number of amides is 1. The normalized spacial score (nSPS) is 20.0. The molecule has 2 heterocycles. The average molecular weight is 537 g/mol. The van der Waals surface area contributed by atoms with E-state index in [1.54, 1.807) is 0 Å². The molecule has 1 amide bonds. The highest BCUT2D eigenvalue weighted by Gasteiger charge is 2.38. The van der Waals surface area contributed by atoms with Crippen LogP contribution in [0.5, 0.6) is 5.75 Å². The maximum absolute atomic E-state index is 12.6. The summed E-state index contributed by atoms with van der Waals surface area (Å²) < 4.78 is 43.0. The molecule has 0 aliphatic carbocycles. The standard InChI is InChI=1S/C26H34N2O3.C2HF3O2/c1-20-4-5-21(2)28(20)14-3-17-31-25-12-10-23(11-13-25)22-6-8-24(9-7-22)26(29)27-15-18-30-19-16-27;3-2(4,5)1(6)7/h6-13,20-21H,3-5,14-19H2,1-2H3;(H,6,7)/t20-,21-;/m1./s1. The number of hydrogen-bond acceptors (Lipinski definition) is 5. The number of carboxylic acid groups (broad SMARTS) is 1. The van der Waals surface area contributed by atoms with E-state index in [9.17, 15) is 18.0 Å². The SMILES string of the molecule is C[C@@H]1CC[C@@H](C)N1CCCOc1ccc(-c2ccc(C(=O)N3CCOCC3)cc2)cc1.O=C(O)C(F)(F)F. The highest BCUT2D eigenvalue weighted by molar-refractivity contribution is 5.94. The van der Waals surface area contributed by atoms with Gasteiger partial charge in [0, 0.05) is 37.3 Å². The second kappa shape index (κ2) is 13.6. The Hall–Kier alpha value is -3.11. The number of hydrogen-bond donors (Lipinski definition) is 1. The van der Waals surface area contributed by atoms with Gasteiger partial charge in [0.1, 0.15) is 5.75 Å². The van der Waals surface area contributed by atoms with Crippen LogP contribution < -0.4 is 4.74 Å². The summed E-state index contributed by atoms with van der Waals surface area (Å²) >= 11 is 0. The molecule has 2 fully saturated rings. The van der Waals surface area contributed by atoms with Gasteiger partial charge in [0.15, 0.2) is 0 Å². The summed E-state index contributed by atoms with van der Waals surface area (Å²) in [5.74, 6) is -1.77. The van der Waals surface area contributed by atoms with E-state index < -0.39 is 12.1 Å². The lowest BCUT2D eigenvalue weighted by atomic mass is 10.0. The van der Waals surface area contributed by atoms with Crippen LogP contribution in [0.15, 0.2) is 48.5 Å². The molecule has 10 heteroatoms. The molecule has 0 spiro atoms. The number of carbonyl (C=O) groups excluding carboxylic acids is 1. The molecule has 1 N–H and O–H groups in total.